The van der Waals surface area contributed by atoms with E-state index >= 15 is 0 Å². The van der Waals surface area contributed by atoms with Gasteiger partial charge in [-0.25, -0.2) is 0 Å². The normalized spacial score (nSPS) is 10.6. The zero-order chi connectivity index (χ0) is 18.2. The monoisotopic (exact) mass is 341 g/mol. The summed E-state index contributed by atoms with van der Waals surface area (Å²) < 4.78 is 11.2. The fraction of sp³-hybridized carbons (Fsp3) is 0.381. The van der Waals surface area contributed by atoms with E-state index in [-0.39, 0.29) is 5.91 Å². The number of benzene rings is 2. The maximum Gasteiger partial charge on any atom is 0.254 e. The minimum absolute atomic E-state index is 0.0455. The molecule has 0 atom stereocenters. The lowest BCUT2D eigenvalue weighted by Gasteiger charge is -2.18. The molecule has 0 aliphatic rings. The first-order chi connectivity index (χ1) is 12.0. The summed E-state index contributed by atoms with van der Waals surface area (Å²) in [6, 6.07) is 15.3. The molecule has 0 heterocycles. The molecule has 2 aromatic rings. The van der Waals surface area contributed by atoms with Crippen LogP contribution in [0.4, 0.5) is 0 Å². The zero-order valence-electron chi connectivity index (χ0n) is 15.5. The highest BCUT2D eigenvalue weighted by atomic mass is 16.5. The third kappa shape index (κ3) is 5.52. The van der Waals surface area contributed by atoms with Crippen molar-refractivity contribution in [3.63, 3.8) is 0 Å². The second-order valence-corrected chi connectivity index (χ2v) is 6.54. The highest BCUT2D eigenvalue weighted by Gasteiger charge is 2.15. The second kappa shape index (κ2) is 9.11. The Labute approximate surface area is 150 Å². The van der Waals surface area contributed by atoms with E-state index in [4.69, 9.17) is 9.47 Å². The van der Waals surface area contributed by atoms with Gasteiger partial charge in [-0.15, -0.1) is 0 Å². The summed E-state index contributed by atoms with van der Waals surface area (Å²) in [5, 5.41) is 0. The van der Waals surface area contributed by atoms with E-state index in [0.29, 0.717) is 36.1 Å². The number of hydrogen-bond donors (Lipinski definition) is 0. The molecule has 0 bridgehead atoms. The van der Waals surface area contributed by atoms with E-state index in [1.54, 1.807) is 31.2 Å². The van der Waals surface area contributed by atoms with Crippen LogP contribution in [0.5, 0.6) is 11.5 Å². The lowest BCUT2D eigenvalue weighted by atomic mass is 10.1. The van der Waals surface area contributed by atoms with E-state index in [1.807, 2.05) is 36.4 Å². The SMILES string of the molecule is COc1cc(C(=O)N(C)Cc2ccccc2)ccc1OCCC(C)C. The molecule has 0 radical (unpaired) electrons. The summed E-state index contributed by atoms with van der Waals surface area (Å²) >= 11 is 0. The summed E-state index contributed by atoms with van der Waals surface area (Å²) in [5.74, 6) is 1.79. The van der Waals surface area contributed by atoms with Crippen molar-refractivity contribution in [3.8, 4) is 11.5 Å². The Morgan fingerprint density at radius 2 is 1.80 bits per heavy atom. The van der Waals surface area contributed by atoms with Gasteiger partial charge in [-0.1, -0.05) is 44.2 Å². The standard InChI is InChI=1S/C21H27NO3/c1-16(2)12-13-25-19-11-10-18(14-20(19)24-4)21(23)22(3)15-17-8-6-5-7-9-17/h5-11,14,16H,12-13,15H2,1-4H3. The molecule has 2 aromatic carbocycles. The summed E-state index contributed by atoms with van der Waals surface area (Å²) in [4.78, 5) is 14.4. The van der Waals surface area contributed by atoms with Crippen molar-refractivity contribution < 1.29 is 14.3 Å². The number of carbonyl (C=O) groups excluding carboxylic acids is 1. The molecule has 25 heavy (non-hydrogen) atoms. The molecular weight excluding hydrogens is 314 g/mol. The van der Waals surface area contributed by atoms with Crippen LogP contribution in [-0.4, -0.2) is 31.6 Å². The predicted octanol–water partition coefficient (Wildman–Crippen LogP) is 4.39. The smallest absolute Gasteiger partial charge is 0.254 e. The predicted molar refractivity (Wildman–Crippen MR) is 100 cm³/mol. The molecule has 1 amide bonds. The van der Waals surface area contributed by atoms with Crippen molar-refractivity contribution in [2.75, 3.05) is 20.8 Å². The number of nitrogens with zero attached hydrogens (tertiary/aromatic N) is 1. The van der Waals surface area contributed by atoms with Gasteiger partial charge in [-0.3, -0.25) is 4.79 Å². The lowest BCUT2D eigenvalue weighted by molar-refractivity contribution is 0.0784. The Balaban J connectivity index is 2.06. The van der Waals surface area contributed by atoms with Crippen LogP contribution < -0.4 is 9.47 Å². The highest BCUT2D eigenvalue weighted by Crippen LogP contribution is 2.29. The van der Waals surface area contributed by atoms with Gasteiger partial charge in [0.2, 0.25) is 0 Å². The van der Waals surface area contributed by atoms with Crippen molar-refractivity contribution in [2.45, 2.75) is 26.8 Å². The molecule has 4 nitrogen and oxygen atoms in total. The van der Waals surface area contributed by atoms with Crippen LogP contribution in [0.1, 0.15) is 36.2 Å². The molecule has 0 N–H and O–H groups in total. The van der Waals surface area contributed by atoms with Gasteiger partial charge >= 0.3 is 0 Å². The topological polar surface area (TPSA) is 38.8 Å². The number of carbonyl (C=O) groups is 1. The Morgan fingerprint density at radius 3 is 2.44 bits per heavy atom. The zero-order valence-corrected chi connectivity index (χ0v) is 15.5. The highest BCUT2D eigenvalue weighted by molar-refractivity contribution is 5.94. The van der Waals surface area contributed by atoms with Gasteiger partial charge in [-0.2, -0.15) is 0 Å². The fourth-order valence-corrected chi connectivity index (χ4v) is 2.47. The maximum atomic E-state index is 12.7. The summed E-state index contributed by atoms with van der Waals surface area (Å²) in [5.41, 5.74) is 1.69. The summed E-state index contributed by atoms with van der Waals surface area (Å²) in [7, 11) is 3.39. The van der Waals surface area contributed by atoms with Gasteiger partial charge in [0.15, 0.2) is 11.5 Å². The number of methoxy groups -OCH3 is 1. The average molecular weight is 341 g/mol. The lowest BCUT2D eigenvalue weighted by Crippen LogP contribution is -2.26. The number of ether oxygens (including phenoxy) is 2. The van der Waals surface area contributed by atoms with Gasteiger partial charge in [-0.05, 0) is 36.1 Å². The van der Waals surface area contributed by atoms with Gasteiger partial charge in [0, 0.05) is 19.2 Å². The molecule has 0 saturated heterocycles. The second-order valence-electron chi connectivity index (χ2n) is 6.54. The van der Waals surface area contributed by atoms with Crippen molar-refractivity contribution in [3.05, 3.63) is 59.7 Å². The molecule has 0 aliphatic heterocycles. The van der Waals surface area contributed by atoms with Gasteiger partial charge in [0.05, 0.1) is 13.7 Å². The summed E-state index contributed by atoms with van der Waals surface area (Å²) in [6.07, 6.45) is 0.976. The number of hydrogen-bond acceptors (Lipinski definition) is 3. The van der Waals surface area contributed by atoms with E-state index in [9.17, 15) is 4.79 Å². The van der Waals surface area contributed by atoms with Crippen LogP contribution in [0.15, 0.2) is 48.5 Å². The molecule has 0 spiro atoms. The van der Waals surface area contributed by atoms with Crippen molar-refractivity contribution >= 4 is 5.91 Å². The van der Waals surface area contributed by atoms with E-state index < -0.39 is 0 Å². The Bertz CT molecular complexity index is 683. The number of amides is 1. The van der Waals surface area contributed by atoms with E-state index in [0.717, 1.165) is 12.0 Å². The minimum Gasteiger partial charge on any atom is -0.493 e. The van der Waals surface area contributed by atoms with Crippen LogP contribution in [0.2, 0.25) is 0 Å². The maximum absolute atomic E-state index is 12.7. The third-order valence-corrected chi connectivity index (χ3v) is 3.97. The molecule has 0 unspecified atom stereocenters. The van der Waals surface area contributed by atoms with Crippen LogP contribution in [0.25, 0.3) is 0 Å². The first-order valence-electron chi connectivity index (χ1n) is 8.61. The fourth-order valence-electron chi connectivity index (χ4n) is 2.47. The van der Waals surface area contributed by atoms with Crippen LogP contribution in [0.3, 0.4) is 0 Å². The molecule has 4 heteroatoms. The minimum atomic E-state index is -0.0455. The van der Waals surface area contributed by atoms with Gasteiger partial charge in [0.25, 0.3) is 5.91 Å². The third-order valence-electron chi connectivity index (χ3n) is 3.97. The Morgan fingerprint density at radius 1 is 1.08 bits per heavy atom. The largest absolute Gasteiger partial charge is 0.493 e. The first-order valence-corrected chi connectivity index (χ1v) is 8.61. The van der Waals surface area contributed by atoms with Gasteiger partial charge < -0.3 is 14.4 Å². The molecule has 0 saturated carbocycles. The molecule has 134 valence electrons. The molecule has 0 aliphatic carbocycles. The van der Waals surface area contributed by atoms with Crippen LogP contribution >= 0.6 is 0 Å². The van der Waals surface area contributed by atoms with Crippen LogP contribution in [-0.2, 0) is 6.54 Å². The van der Waals surface area contributed by atoms with Crippen LogP contribution in [0, 0.1) is 5.92 Å². The van der Waals surface area contributed by atoms with Crippen molar-refractivity contribution in [1.82, 2.24) is 4.90 Å². The summed E-state index contributed by atoms with van der Waals surface area (Å²) in [6.45, 7) is 5.51. The van der Waals surface area contributed by atoms with Gasteiger partial charge in [0.1, 0.15) is 0 Å². The Kier molecular flexibility index (Phi) is 6.87. The van der Waals surface area contributed by atoms with Crippen molar-refractivity contribution in [2.24, 2.45) is 5.92 Å². The van der Waals surface area contributed by atoms with E-state index in [1.165, 1.54) is 0 Å². The quantitative estimate of drug-likeness (QED) is 0.715. The average Bonchev–Trinajstić information content (AvgIpc) is 2.61. The molecular formula is C21H27NO3. The number of rotatable bonds is 8. The van der Waals surface area contributed by atoms with Crippen molar-refractivity contribution in [1.29, 1.82) is 0 Å². The van der Waals surface area contributed by atoms with E-state index in [2.05, 4.69) is 13.8 Å². The molecule has 0 aromatic heterocycles. The molecule has 2 rings (SSSR count). The molecule has 0 fully saturated rings. The first kappa shape index (κ1) is 18.8. The Hall–Kier alpha value is -2.49.